The Balaban J connectivity index is 2.47. The van der Waals surface area contributed by atoms with E-state index in [2.05, 4.69) is 0 Å². The highest BCUT2D eigenvalue weighted by Gasteiger charge is 2.34. The predicted molar refractivity (Wildman–Crippen MR) is 188 cm³/mol. The van der Waals surface area contributed by atoms with Crippen molar-refractivity contribution in [1.29, 1.82) is 0 Å². The van der Waals surface area contributed by atoms with Crippen molar-refractivity contribution >= 4 is 34.5 Å². The Labute approximate surface area is 287 Å². The van der Waals surface area contributed by atoms with E-state index in [0.29, 0.717) is 32.1 Å². The molecule has 0 amide bonds. The van der Waals surface area contributed by atoms with Gasteiger partial charge >= 0.3 is 11.9 Å². The standard InChI is InChI=1S/C39H50O10/c1-5-9-13-17-27(41)31-34(45)32(28(42)18-14-10-6-2)38-33(37(31)47-29(43)19-15-11-7-3)35(46)39(48-30(44)20-16-12-8-4)36(49-38)25-21-23-26(40)24-22-25/h21-24,40,45H,5-20H2,1-4H3. The van der Waals surface area contributed by atoms with E-state index < -0.39 is 57.1 Å². The van der Waals surface area contributed by atoms with E-state index >= 15 is 0 Å². The Bertz CT molecular complexity index is 1670. The average molecular weight is 679 g/mol. The molecule has 49 heavy (non-hydrogen) atoms. The third-order valence-electron chi connectivity index (χ3n) is 8.33. The lowest BCUT2D eigenvalue weighted by Crippen LogP contribution is -2.20. The number of benzene rings is 2. The minimum absolute atomic E-state index is 0.0114. The molecule has 10 nitrogen and oxygen atoms in total. The fourth-order valence-electron chi connectivity index (χ4n) is 5.57. The molecule has 2 aromatic carbocycles. The smallest absolute Gasteiger partial charge is 0.311 e. The van der Waals surface area contributed by atoms with Crippen molar-refractivity contribution in [3.05, 3.63) is 45.6 Å². The van der Waals surface area contributed by atoms with Crippen molar-refractivity contribution in [3.63, 3.8) is 0 Å². The summed E-state index contributed by atoms with van der Waals surface area (Å²) in [6.45, 7) is 7.90. The minimum atomic E-state index is -0.949. The van der Waals surface area contributed by atoms with Crippen LogP contribution in [0.3, 0.4) is 0 Å². The summed E-state index contributed by atoms with van der Waals surface area (Å²) < 4.78 is 17.7. The van der Waals surface area contributed by atoms with Crippen molar-refractivity contribution < 1.29 is 43.3 Å². The third-order valence-corrected chi connectivity index (χ3v) is 8.33. The highest BCUT2D eigenvalue weighted by molar-refractivity contribution is 6.17. The highest BCUT2D eigenvalue weighted by atomic mass is 16.5. The van der Waals surface area contributed by atoms with Gasteiger partial charge in [0, 0.05) is 31.2 Å². The lowest BCUT2D eigenvalue weighted by Gasteiger charge is -2.19. The Morgan fingerprint density at radius 2 is 1.06 bits per heavy atom. The molecule has 0 atom stereocenters. The Kier molecular flexibility index (Phi) is 15.5. The summed E-state index contributed by atoms with van der Waals surface area (Å²) >= 11 is 0. The molecule has 266 valence electrons. The molecule has 3 rings (SSSR count). The molecule has 10 heteroatoms. The van der Waals surface area contributed by atoms with E-state index in [1.54, 1.807) is 0 Å². The number of ether oxygens (including phenoxy) is 2. The lowest BCUT2D eigenvalue weighted by molar-refractivity contribution is -0.135. The van der Waals surface area contributed by atoms with Crippen molar-refractivity contribution in [2.45, 2.75) is 130 Å². The van der Waals surface area contributed by atoms with Crippen molar-refractivity contribution in [1.82, 2.24) is 0 Å². The van der Waals surface area contributed by atoms with Crippen molar-refractivity contribution in [2.24, 2.45) is 0 Å². The molecule has 0 aliphatic rings. The van der Waals surface area contributed by atoms with E-state index in [0.717, 1.165) is 44.9 Å². The summed E-state index contributed by atoms with van der Waals surface area (Å²) in [5, 5.41) is 21.3. The van der Waals surface area contributed by atoms with Crippen LogP contribution >= 0.6 is 0 Å². The van der Waals surface area contributed by atoms with Gasteiger partial charge in [-0.3, -0.25) is 24.0 Å². The molecule has 0 radical (unpaired) electrons. The first-order valence-electron chi connectivity index (χ1n) is 17.8. The van der Waals surface area contributed by atoms with Gasteiger partial charge in [-0.15, -0.1) is 0 Å². The van der Waals surface area contributed by atoms with Gasteiger partial charge in [0.15, 0.2) is 28.7 Å². The van der Waals surface area contributed by atoms with Gasteiger partial charge < -0.3 is 24.1 Å². The van der Waals surface area contributed by atoms with Crippen LogP contribution in [0.15, 0.2) is 33.5 Å². The van der Waals surface area contributed by atoms with Crippen LogP contribution in [0.25, 0.3) is 22.3 Å². The van der Waals surface area contributed by atoms with Crippen LogP contribution in [-0.2, 0) is 9.59 Å². The number of fused-ring (bicyclic) bond motifs is 1. The summed E-state index contributed by atoms with van der Waals surface area (Å²) in [7, 11) is 0. The second-order valence-corrected chi connectivity index (χ2v) is 12.4. The molecule has 1 aromatic heterocycles. The summed E-state index contributed by atoms with van der Waals surface area (Å²) in [6.07, 6.45) is 8.16. The van der Waals surface area contributed by atoms with Gasteiger partial charge in [-0.2, -0.15) is 0 Å². The molecule has 0 aliphatic carbocycles. The number of rotatable bonds is 21. The maximum Gasteiger partial charge on any atom is 0.311 e. The number of hydrogen-bond donors (Lipinski definition) is 2. The molecule has 0 unspecified atom stereocenters. The number of ketones is 2. The Morgan fingerprint density at radius 1 is 0.612 bits per heavy atom. The number of phenols is 2. The zero-order valence-electron chi connectivity index (χ0n) is 29.3. The van der Waals surface area contributed by atoms with E-state index in [1.807, 2.05) is 27.7 Å². The van der Waals surface area contributed by atoms with Gasteiger partial charge in [0.25, 0.3) is 0 Å². The number of unbranched alkanes of at least 4 members (excludes halogenated alkanes) is 8. The molecule has 0 saturated carbocycles. The fourth-order valence-corrected chi connectivity index (χ4v) is 5.57. The summed E-state index contributed by atoms with van der Waals surface area (Å²) in [6, 6.07) is 5.58. The van der Waals surface area contributed by atoms with Gasteiger partial charge in [0.1, 0.15) is 28.0 Å². The first-order valence-corrected chi connectivity index (χ1v) is 17.8. The third kappa shape index (κ3) is 10.3. The number of carbonyl (C=O) groups is 4. The van der Waals surface area contributed by atoms with E-state index in [-0.39, 0.29) is 53.9 Å². The van der Waals surface area contributed by atoms with Crippen LogP contribution in [-0.4, -0.2) is 33.7 Å². The highest BCUT2D eigenvalue weighted by Crippen LogP contribution is 2.44. The molecule has 2 N–H and O–H groups in total. The van der Waals surface area contributed by atoms with Crippen LogP contribution in [0.4, 0.5) is 0 Å². The first kappa shape index (κ1) is 39.0. The topological polar surface area (TPSA) is 157 Å². The van der Waals surface area contributed by atoms with Crippen LogP contribution in [0.1, 0.15) is 151 Å². The quantitative estimate of drug-likeness (QED) is 0.0481. The predicted octanol–water partition coefficient (Wildman–Crippen LogP) is 9.37. The summed E-state index contributed by atoms with van der Waals surface area (Å²) in [4.78, 5) is 68.5. The SMILES string of the molecule is CCCCCC(=O)Oc1c(-c2ccc(O)cc2)oc2c(C(=O)CCCCC)c(O)c(C(=O)CCCCC)c(OC(=O)CCCCC)c2c1=O. The minimum Gasteiger partial charge on any atom is -0.508 e. The molecule has 0 aliphatic heterocycles. The monoisotopic (exact) mass is 678 g/mol. The maximum atomic E-state index is 14.6. The Morgan fingerprint density at radius 3 is 1.55 bits per heavy atom. The molecule has 0 saturated heterocycles. The zero-order chi connectivity index (χ0) is 35.9. The second kappa shape index (κ2) is 19.5. The normalized spacial score (nSPS) is 11.1. The molecular weight excluding hydrogens is 628 g/mol. The van der Waals surface area contributed by atoms with Crippen LogP contribution in [0.2, 0.25) is 0 Å². The maximum absolute atomic E-state index is 14.6. The largest absolute Gasteiger partial charge is 0.508 e. The second-order valence-electron chi connectivity index (χ2n) is 12.4. The number of hydrogen-bond acceptors (Lipinski definition) is 10. The molecule has 0 bridgehead atoms. The lowest BCUT2D eigenvalue weighted by atomic mass is 9.93. The van der Waals surface area contributed by atoms with Crippen LogP contribution in [0, 0.1) is 0 Å². The van der Waals surface area contributed by atoms with Crippen molar-refractivity contribution in [3.8, 4) is 34.3 Å². The van der Waals surface area contributed by atoms with Gasteiger partial charge in [-0.05, 0) is 49.9 Å². The zero-order valence-corrected chi connectivity index (χ0v) is 29.3. The van der Waals surface area contributed by atoms with E-state index in [4.69, 9.17) is 13.9 Å². The van der Waals surface area contributed by atoms with Crippen molar-refractivity contribution in [2.75, 3.05) is 0 Å². The Hall–Kier alpha value is -4.47. The van der Waals surface area contributed by atoms with Gasteiger partial charge in [0.2, 0.25) is 11.2 Å². The number of esters is 2. The van der Waals surface area contributed by atoms with E-state index in [1.165, 1.54) is 24.3 Å². The number of carbonyl (C=O) groups excluding carboxylic acids is 4. The average Bonchev–Trinajstić information content (AvgIpc) is 3.06. The molecule has 0 spiro atoms. The van der Waals surface area contributed by atoms with Crippen LogP contribution in [0.5, 0.6) is 23.0 Å². The number of phenolic OH excluding ortho intramolecular Hbond substituents is 2. The molecule has 1 heterocycles. The molecule has 0 fully saturated rings. The van der Waals surface area contributed by atoms with Gasteiger partial charge in [-0.1, -0.05) is 79.1 Å². The first-order chi connectivity index (χ1) is 23.6. The van der Waals surface area contributed by atoms with E-state index in [9.17, 15) is 34.2 Å². The molecular formula is C39H50O10. The van der Waals surface area contributed by atoms with Gasteiger partial charge in [-0.25, -0.2) is 0 Å². The number of aromatic hydroxyl groups is 2. The number of Topliss-reactive ketones (excluding diaryl/α,β-unsaturated/α-hetero) is 2. The summed E-state index contributed by atoms with van der Waals surface area (Å²) in [5.41, 5.74) is -1.94. The summed E-state index contributed by atoms with van der Waals surface area (Å²) in [5.74, 6) is -4.69. The van der Waals surface area contributed by atoms with Crippen LogP contribution < -0.4 is 14.9 Å². The molecule has 3 aromatic rings. The van der Waals surface area contributed by atoms with Gasteiger partial charge in [0.05, 0.1) is 0 Å². The fraction of sp³-hybridized carbons (Fsp3) is 0.513.